The molecule has 0 radical (unpaired) electrons. The zero-order chi connectivity index (χ0) is 28.0. The Bertz CT molecular complexity index is 1670. The molecule has 0 aromatic heterocycles. The number of hydrogen-bond donors (Lipinski definition) is 1. The molecule has 41 heavy (non-hydrogen) atoms. The molecule has 0 fully saturated rings. The quantitative estimate of drug-likeness (QED) is 0.192. The van der Waals surface area contributed by atoms with Crippen molar-refractivity contribution in [1.29, 1.82) is 0 Å². The van der Waals surface area contributed by atoms with Gasteiger partial charge in [-0.2, -0.15) is 0 Å². The average molecular weight is 545 g/mol. The predicted molar refractivity (Wildman–Crippen MR) is 166 cm³/mol. The molecule has 0 aliphatic carbocycles. The summed E-state index contributed by atoms with van der Waals surface area (Å²) in [5, 5.41) is 11.0. The fraction of sp³-hybridized carbons (Fsp3) is 0.200. The smallest absolute Gasteiger partial charge is 0.219 e. The van der Waals surface area contributed by atoms with Crippen LogP contribution in [-0.4, -0.2) is 23.5 Å². The zero-order valence-electron chi connectivity index (χ0n) is 23.0. The molecule has 0 spiro atoms. The lowest BCUT2D eigenvalue weighted by Crippen LogP contribution is -2.11. The molecule has 0 saturated carbocycles. The van der Waals surface area contributed by atoms with E-state index in [0.29, 0.717) is 11.8 Å². The van der Waals surface area contributed by atoms with E-state index in [2.05, 4.69) is 6.92 Å². The van der Waals surface area contributed by atoms with Crippen molar-refractivity contribution in [2.45, 2.75) is 39.2 Å². The Morgan fingerprint density at radius 3 is 1.76 bits per heavy atom. The van der Waals surface area contributed by atoms with E-state index in [0.717, 1.165) is 69.1 Å². The molecule has 6 rings (SSSR count). The van der Waals surface area contributed by atoms with Gasteiger partial charge in [0.15, 0.2) is 0 Å². The van der Waals surface area contributed by atoms with E-state index in [4.69, 9.17) is 24.2 Å². The van der Waals surface area contributed by atoms with Crippen LogP contribution in [0.2, 0.25) is 0 Å². The molecule has 4 aromatic rings. The van der Waals surface area contributed by atoms with Gasteiger partial charge in [-0.25, -0.2) is 9.98 Å². The second kappa shape index (κ2) is 12.2. The van der Waals surface area contributed by atoms with Gasteiger partial charge in [0.25, 0.3) is 0 Å². The Morgan fingerprint density at radius 2 is 1.22 bits per heavy atom. The first-order valence-corrected chi connectivity index (χ1v) is 14.1. The molecule has 0 atom stereocenters. The Morgan fingerprint density at radius 1 is 0.659 bits per heavy atom. The highest BCUT2D eigenvalue weighted by molar-refractivity contribution is 6.15. The van der Waals surface area contributed by atoms with E-state index in [9.17, 15) is 5.11 Å². The molecule has 0 unspecified atom stereocenters. The van der Waals surface area contributed by atoms with Crippen LogP contribution in [0, 0.1) is 0 Å². The van der Waals surface area contributed by atoms with Gasteiger partial charge in [-0.3, -0.25) is 0 Å². The molecule has 2 aliphatic rings. The second-order valence-corrected chi connectivity index (χ2v) is 10.1. The summed E-state index contributed by atoms with van der Waals surface area (Å²) in [6.45, 7) is 2.99. The molecule has 4 aromatic carbocycles. The normalized spacial score (nSPS) is 13.7. The highest BCUT2D eigenvalue weighted by Crippen LogP contribution is 2.47. The number of aliphatic imine (C=N–C) groups is 2. The van der Waals surface area contributed by atoms with Crippen LogP contribution in [0.3, 0.4) is 0 Å². The minimum absolute atomic E-state index is 0.0269. The number of hydrogen-bond acceptors (Lipinski definition) is 6. The van der Waals surface area contributed by atoms with E-state index in [1.807, 2.05) is 97.1 Å². The number of benzene rings is 4. The van der Waals surface area contributed by atoms with Crippen LogP contribution in [0.15, 0.2) is 94.9 Å². The highest BCUT2D eigenvalue weighted by atomic mass is 16.5. The molecular formula is C35H32N2O4. The van der Waals surface area contributed by atoms with Crippen LogP contribution in [0.25, 0.3) is 22.9 Å². The molecule has 2 heterocycles. The van der Waals surface area contributed by atoms with Gasteiger partial charge in [0.2, 0.25) is 11.8 Å². The molecule has 0 amide bonds. The first-order chi connectivity index (χ1) is 20.2. The third kappa shape index (κ3) is 6.08. The zero-order valence-corrected chi connectivity index (χ0v) is 23.0. The third-order valence-corrected chi connectivity index (χ3v) is 7.08. The van der Waals surface area contributed by atoms with Crippen LogP contribution in [-0.2, 0) is 6.61 Å². The van der Waals surface area contributed by atoms with Crippen LogP contribution in [0.4, 0.5) is 11.4 Å². The lowest BCUT2D eigenvalue weighted by molar-refractivity contribution is 0.282. The van der Waals surface area contributed by atoms with Crippen molar-refractivity contribution in [3.63, 3.8) is 0 Å². The van der Waals surface area contributed by atoms with Crippen LogP contribution in [0.1, 0.15) is 49.3 Å². The van der Waals surface area contributed by atoms with E-state index >= 15 is 0 Å². The third-order valence-electron chi connectivity index (χ3n) is 7.08. The number of rotatable bonds is 11. The summed E-state index contributed by atoms with van der Waals surface area (Å²) in [5.41, 5.74) is 4.54. The summed E-state index contributed by atoms with van der Waals surface area (Å²) in [4.78, 5) is 9.48. The highest BCUT2D eigenvalue weighted by Gasteiger charge is 2.23. The van der Waals surface area contributed by atoms with E-state index in [-0.39, 0.29) is 6.61 Å². The van der Waals surface area contributed by atoms with Crippen molar-refractivity contribution in [2.75, 3.05) is 6.61 Å². The number of aliphatic hydroxyl groups excluding tert-OH is 1. The summed E-state index contributed by atoms with van der Waals surface area (Å²) in [5.74, 6) is 3.36. The van der Waals surface area contributed by atoms with Crippen molar-refractivity contribution >= 4 is 46.1 Å². The minimum Gasteiger partial charge on any atom is -0.494 e. The monoisotopic (exact) mass is 544 g/mol. The van der Waals surface area contributed by atoms with E-state index in [1.54, 1.807) is 0 Å². The van der Waals surface area contributed by atoms with Crippen LogP contribution >= 0.6 is 0 Å². The van der Waals surface area contributed by atoms with Crippen molar-refractivity contribution in [2.24, 2.45) is 9.98 Å². The summed E-state index contributed by atoms with van der Waals surface area (Å²) in [6.07, 6.45) is 12.4. The van der Waals surface area contributed by atoms with Gasteiger partial charge in [0, 0.05) is 12.2 Å². The summed E-state index contributed by atoms with van der Waals surface area (Å²) >= 11 is 0. The van der Waals surface area contributed by atoms with Crippen molar-refractivity contribution in [1.82, 2.24) is 0 Å². The van der Waals surface area contributed by atoms with Crippen molar-refractivity contribution < 1.29 is 19.3 Å². The molecular weight excluding hydrogens is 512 g/mol. The van der Waals surface area contributed by atoms with Gasteiger partial charge in [0.1, 0.15) is 17.2 Å². The van der Waals surface area contributed by atoms with E-state index < -0.39 is 0 Å². The van der Waals surface area contributed by atoms with E-state index in [1.165, 1.54) is 19.3 Å². The first-order valence-electron chi connectivity index (χ1n) is 14.1. The van der Waals surface area contributed by atoms with Crippen LogP contribution < -0.4 is 14.2 Å². The van der Waals surface area contributed by atoms with Crippen molar-refractivity contribution in [3.8, 4) is 17.2 Å². The summed E-state index contributed by atoms with van der Waals surface area (Å²) < 4.78 is 18.1. The maximum absolute atomic E-state index is 9.24. The van der Waals surface area contributed by atoms with Gasteiger partial charge < -0.3 is 19.3 Å². The Balaban J connectivity index is 1.17. The average Bonchev–Trinajstić information content (AvgIpc) is 3.02. The molecule has 2 aliphatic heterocycles. The summed E-state index contributed by atoms with van der Waals surface area (Å²) in [7, 11) is 0. The maximum Gasteiger partial charge on any atom is 0.219 e. The Kier molecular flexibility index (Phi) is 7.92. The van der Waals surface area contributed by atoms with Crippen LogP contribution in [0.5, 0.6) is 17.2 Å². The SMILES string of the molecule is CCCCCCOc1ccc(/C=C/C2=Nc3ccc4c5c(ccc(c35)O2)N=C(/C=C/c2ccc(CO)cc2)O4)cc1. The Hall–Kier alpha value is -4.68. The number of aliphatic hydroxyl groups is 1. The Labute approximate surface area is 240 Å². The van der Waals surface area contributed by atoms with Gasteiger partial charge in [0.05, 0.1) is 35.4 Å². The lowest BCUT2D eigenvalue weighted by Gasteiger charge is -2.21. The molecule has 206 valence electrons. The number of nitrogens with zero attached hydrogens (tertiary/aromatic N) is 2. The van der Waals surface area contributed by atoms with Gasteiger partial charge in [-0.05, 0) is 71.7 Å². The fourth-order valence-electron chi connectivity index (χ4n) is 4.87. The second-order valence-electron chi connectivity index (χ2n) is 10.1. The largest absolute Gasteiger partial charge is 0.494 e. The predicted octanol–water partition coefficient (Wildman–Crippen LogP) is 8.56. The molecule has 6 heteroatoms. The maximum atomic E-state index is 9.24. The number of unbranched alkanes of at least 4 members (excludes halogenated alkanes) is 3. The molecule has 1 N–H and O–H groups in total. The topological polar surface area (TPSA) is 72.6 Å². The standard InChI is InChI=1S/C35H32N2O4/c1-2-3-4-5-22-39-27-14-10-25(11-15-27)13-21-33-37-29-17-18-30-34-28(16-19-31(41-33)35(29)34)36-32(40-30)20-12-24-6-8-26(23-38)9-7-24/h6-21,38H,2-5,22-23H2,1H3/b20-12+,21-13+. The lowest BCUT2D eigenvalue weighted by atomic mass is 10.0. The van der Waals surface area contributed by atoms with Gasteiger partial charge in [-0.1, -0.05) is 62.6 Å². The first kappa shape index (κ1) is 26.5. The fourth-order valence-corrected chi connectivity index (χ4v) is 4.87. The molecule has 0 bridgehead atoms. The van der Waals surface area contributed by atoms with Gasteiger partial charge in [-0.15, -0.1) is 0 Å². The minimum atomic E-state index is 0.0269. The van der Waals surface area contributed by atoms with Gasteiger partial charge >= 0.3 is 0 Å². The molecule has 6 nitrogen and oxygen atoms in total. The number of ether oxygens (including phenoxy) is 3. The molecule has 0 saturated heterocycles. The summed E-state index contributed by atoms with van der Waals surface area (Å²) in [6, 6.07) is 23.5. The van der Waals surface area contributed by atoms with Crippen molar-refractivity contribution in [3.05, 3.63) is 102 Å².